The van der Waals surface area contributed by atoms with E-state index in [4.69, 9.17) is 0 Å². The molecule has 0 saturated carbocycles. The summed E-state index contributed by atoms with van der Waals surface area (Å²) in [4.78, 5) is 16.6. The van der Waals surface area contributed by atoms with Crippen LogP contribution >= 0.6 is 0 Å². The molecule has 19 heavy (non-hydrogen) atoms. The van der Waals surface area contributed by atoms with E-state index in [2.05, 4.69) is 16.4 Å². The monoisotopic (exact) mass is 251 g/mol. The molecule has 2 aliphatic heterocycles. The van der Waals surface area contributed by atoms with Gasteiger partial charge in [0.1, 0.15) is 12.4 Å². The average Bonchev–Trinajstić information content (AvgIpc) is 2.91. The highest BCUT2D eigenvalue weighted by Crippen LogP contribution is 2.22. The molecule has 0 fully saturated rings. The summed E-state index contributed by atoms with van der Waals surface area (Å²) < 4.78 is 0.00699. The van der Waals surface area contributed by atoms with Gasteiger partial charge >= 0.3 is 6.03 Å². The Hall–Kier alpha value is -2.46. The minimum Gasteiger partial charge on any atom is -0.300 e. The SMILES string of the molecule is O=C(NCc1c[c]ccc1)[N+]12C=CC=CC1=NC=C2. The van der Waals surface area contributed by atoms with E-state index in [9.17, 15) is 4.79 Å². The number of amides is 2. The quantitative estimate of drug-likeness (QED) is 0.806. The molecule has 2 aliphatic rings. The van der Waals surface area contributed by atoms with Crippen LogP contribution in [0.2, 0.25) is 0 Å². The fourth-order valence-corrected chi connectivity index (χ4v) is 2.09. The van der Waals surface area contributed by atoms with Gasteiger partial charge in [0.15, 0.2) is 0 Å². The van der Waals surface area contributed by atoms with Crippen LogP contribution in [-0.2, 0) is 6.54 Å². The van der Waals surface area contributed by atoms with Gasteiger partial charge in [0.2, 0.25) is 5.84 Å². The molecule has 2 heterocycles. The summed E-state index contributed by atoms with van der Waals surface area (Å²) in [7, 11) is 0. The first kappa shape index (κ1) is 11.6. The van der Waals surface area contributed by atoms with Gasteiger partial charge in [-0.2, -0.15) is 4.99 Å². The lowest BCUT2D eigenvalue weighted by atomic mass is 10.2. The first-order chi connectivity index (χ1) is 9.31. The van der Waals surface area contributed by atoms with Crippen molar-refractivity contribution in [2.75, 3.05) is 0 Å². The number of quaternary nitrogens is 1. The first-order valence-electron chi connectivity index (χ1n) is 6.05. The first-order valence-corrected chi connectivity index (χ1v) is 6.05. The van der Waals surface area contributed by atoms with Crippen LogP contribution in [-0.4, -0.2) is 16.3 Å². The van der Waals surface area contributed by atoms with Crippen LogP contribution in [0.15, 0.2) is 66.1 Å². The smallest absolute Gasteiger partial charge is 0.300 e. The van der Waals surface area contributed by atoms with Gasteiger partial charge in [-0.15, -0.1) is 4.48 Å². The van der Waals surface area contributed by atoms with Gasteiger partial charge < -0.3 is 5.32 Å². The van der Waals surface area contributed by atoms with Gasteiger partial charge in [-0.1, -0.05) is 18.2 Å². The number of carbonyl (C=O) groups excluding carboxylic acids is 1. The summed E-state index contributed by atoms with van der Waals surface area (Å²) >= 11 is 0. The zero-order chi connectivity index (χ0) is 13.1. The number of carbonyl (C=O) groups is 1. The lowest BCUT2D eigenvalue weighted by Crippen LogP contribution is -2.52. The van der Waals surface area contributed by atoms with Crippen LogP contribution in [0.4, 0.5) is 4.79 Å². The zero-order valence-electron chi connectivity index (χ0n) is 10.3. The number of hydrogen-bond donors (Lipinski definition) is 1. The predicted octanol–water partition coefficient (Wildman–Crippen LogP) is 2.48. The molecule has 93 valence electrons. The predicted molar refractivity (Wildman–Crippen MR) is 72.6 cm³/mol. The van der Waals surface area contributed by atoms with Crippen LogP contribution < -0.4 is 5.32 Å². The van der Waals surface area contributed by atoms with Crippen molar-refractivity contribution in [3.63, 3.8) is 0 Å². The number of nitrogens with zero attached hydrogens (tertiary/aromatic N) is 2. The number of hydrogen-bond acceptors (Lipinski definition) is 2. The van der Waals surface area contributed by atoms with Gasteiger partial charge in [0.05, 0.1) is 6.20 Å². The Kier molecular flexibility index (Phi) is 2.85. The molecule has 1 unspecified atom stereocenters. The lowest BCUT2D eigenvalue weighted by Gasteiger charge is -2.25. The fourth-order valence-electron chi connectivity index (χ4n) is 2.09. The number of nitrogens with one attached hydrogen (secondary N) is 1. The summed E-state index contributed by atoms with van der Waals surface area (Å²) in [5, 5.41) is 2.93. The molecule has 1 aromatic rings. The molecule has 0 bridgehead atoms. The van der Waals surface area contributed by atoms with Crippen molar-refractivity contribution in [1.29, 1.82) is 0 Å². The highest BCUT2D eigenvalue weighted by Gasteiger charge is 2.41. The van der Waals surface area contributed by atoms with Crippen molar-refractivity contribution < 1.29 is 9.28 Å². The van der Waals surface area contributed by atoms with E-state index in [1.807, 2.05) is 48.7 Å². The van der Waals surface area contributed by atoms with Gasteiger partial charge in [-0.25, -0.2) is 4.79 Å². The van der Waals surface area contributed by atoms with E-state index >= 15 is 0 Å². The molecular weight excluding hydrogens is 238 g/mol. The third-order valence-corrected chi connectivity index (χ3v) is 3.12. The Morgan fingerprint density at radius 1 is 1.37 bits per heavy atom. The molecular formula is C15H13N3O+. The second-order valence-electron chi connectivity index (χ2n) is 4.33. The number of allylic oxidation sites excluding steroid dienone is 2. The van der Waals surface area contributed by atoms with E-state index in [1.54, 1.807) is 12.4 Å². The third kappa shape index (κ3) is 2.02. The summed E-state index contributed by atoms with van der Waals surface area (Å²) in [5.74, 6) is 0.708. The van der Waals surface area contributed by atoms with Gasteiger partial charge in [-0.05, 0) is 29.8 Å². The molecule has 4 heteroatoms. The molecule has 1 atom stereocenters. The van der Waals surface area contributed by atoms with Gasteiger partial charge in [0.25, 0.3) is 0 Å². The van der Waals surface area contributed by atoms with Crippen molar-refractivity contribution in [2.45, 2.75) is 6.54 Å². The van der Waals surface area contributed by atoms with Crippen LogP contribution in [0.3, 0.4) is 0 Å². The third-order valence-electron chi connectivity index (χ3n) is 3.12. The van der Waals surface area contributed by atoms with Crippen molar-refractivity contribution >= 4 is 11.9 Å². The summed E-state index contributed by atoms with van der Waals surface area (Å²) in [6.45, 7) is 0.481. The van der Waals surface area contributed by atoms with E-state index in [0.717, 1.165) is 5.56 Å². The topological polar surface area (TPSA) is 41.5 Å². The molecule has 0 aliphatic carbocycles. The molecule has 0 saturated heterocycles. The van der Waals surface area contributed by atoms with Crippen molar-refractivity contribution in [1.82, 2.24) is 5.32 Å². The minimum absolute atomic E-state index is 0.00699. The lowest BCUT2D eigenvalue weighted by molar-refractivity contribution is -0.635. The molecule has 0 aromatic heterocycles. The molecule has 3 rings (SSSR count). The second-order valence-corrected chi connectivity index (χ2v) is 4.33. The molecule has 0 spiro atoms. The standard InChI is InChI=1S/C15H12N3O/c19-15(17-12-13-6-2-1-3-7-13)18-10-5-4-8-14(18)16-9-11-18/h1-2,4-11H,12H2/p+1. The Morgan fingerprint density at radius 3 is 3.16 bits per heavy atom. The summed E-state index contributed by atoms with van der Waals surface area (Å²) in [5.41, 5.74) is 1.02. The molecule has 4 nitrogen and oxygen atoms in total. The minimum atomic E-state index is -0.114. The maximum atomic E-state index is 12.4. The van der Waals surface area contributed by atoms with Crippen molar-refractivity contribution in [3.05, 3.63) is 72.7 Å². The fraction of sp³-hybridized carbons (Fsp3) is 0.0667. The van der Waals surface area contributed by atoms with E-state index in [1.165, 1.54) is 0 Å². The Balaban J connectivity index is 1.74. The highest BCUT2D eigenvalue weighted by atomic mass is 16.2. The number of rotatable bonds is 2. The van der Waals surface area contributed by atoms with Gasteiger partial charge in [0, 0.05) is 12.6 Å². The Bertz CT molecular complexity index is 614. The number of benzene rings is 1. The largest absolute Gasteiger partial charge is 0.432 e. The Labute approximate surface area is 111 Å². The highest BCUT2D eigenvalue weighted by molar-refractivity contribution is 5.98. The molecule has 1 N–H and O–H groups in total. The normalized spacial score (nSPS) is 23.1. The van der Waals surface area contributed by atoms with Crippen LogP contribution in [0.5, 0.6) is 0 Å². The van der Waals surface area contributed by atoms with Crippen molar-refractivity contribution in [2.24, 2.45) is 4.99 Å². The second kappa shape index (κ2) is 4.66. The number of fused-ring (bicyclic) bond motifs is 1. The number of aliphatic imine (C=N–C) groups is 1. The molecule has 2 amide bonds. The van der Waals surface area contributed by atoms with E-state index in [0.29, 0.717) is 12.4 Å². The Morgan fingerprint density at radius 2 is 2.32 bits per heavy atom. The van der Waals surface area contributed by atoms with E-state index < -0.39 is 0 Å². The number of urea groups is 1. The van der Waals surface area contributed by atoms with Crippen molar-refractivity contribution in [3.8, 4) is 0 Å². The maximum absolute atomic E-state index is 12.4. The van der Waals surface area contributed by atoms with Crippen LogP contribution in [0.25, 0.3) is 0 Å². The average molecular weight is 251 g/mol. The van der Waals surface area contributed by atoms with Crippen LogP contribution in [0.1, 0.15) is 5.56 Å². The van der Waals surface area contributed by atoms with Crippen LogP contribution in [0, 0.1) is 6.07 Å². The van der Waals surface area contributed by atoms with Gasteiger partial charge in [-0.3, -0.25) is 0 Å². The van der Waals surface area contributed by atoms with E-state index in [-0.39, 0.29) is 10.5 Å². The summed E-state index contributed by atoms with van der Waals surface area (Å²) in [6, 6.07) is 10.4. The summed E-state index contributed by atoms with van der Waals surface area (Å²) in [6.07, 6.45) is 10.8. The molecule has 1 aromatic carbocycles. The zero-order valence-corrected chi connectivity index (χ0v) is 10.3. The number of amidine groups is 1. The maximum Gasteiger partial charge on any atom is 0.432 e. The molecule has 1 radical (unpaired) electrons.